The van der Waals surface area contributed by atoms with Crippen molar-refractivity contribution in [2.24, 2.45) is 0 Å². The van der Waals surface area contributed by atoms with E-state index in [0.717, 1.165) is 0 Å². The van der Waals surface area contributed by atoms with E-state index in [0.29, 0.717) is 18.4 Å². The van der Waals surface area contributed by atoms with Gasteiger partial charge in [0.2, 0.25) is 11.2 Å². The van der Waals surface area contributed by atoms with Crippen molar-refractivity contribution in [3.05, 3.63) is 36.4 Å². The van der Waals surface area contributed by atoms with Crippen LogP contribution in [0.4, 0.5) is 5.95 Å². The Hall–Kier alpha value is -1.95. The molecule has 0 aliphatic rings. The number of hydrogen-bond acceptors (Lipinski definition) is 5. The SMILES string of the molecule is C=CCNc1nc(Cl)nc(-n2cccn2)n1. The Morgan fingerprint density at radius 2 is 2.31 bits per heavy atom. The van der Waals surface area contributed by atoms with Crippen molar-refractivity contribution in [1.29, 1.82) is 0 Å². The third kappa shape index (κ3) is 2.34. The number of nitrogens with zero attached hydrogens (tertiary/aromatic N) is 5. The lowest BCUT2D eigenvalue weighted by Gasteiger charge is -2.04. The van der Waals surface area contributed by atoms with E-state index in [2.05, 4.69) is 31.9 Å². The van der Waals surface area contributed by atoms with Gasteiger partial charge < -0.3 is 5.32 Å². The Morgan fingerprint density at radius 3 is 3.00 bits per heavy atom. The van der Waals surface area contributed by atoms with E-state index in [4.69, 9.17) is 11.6 Å². The lowest BCUT2D eigenvalue weighted by atomic mass is 10.6. The van der Waals surface area contributed by atoms with E-state index >= 15 is 0 Å². The molecule has 0 amide bonds. The molecule has 6 nitrogen and oxygen atoms in total. The molecule has 0 unspecified atom stereocenters. The van der Waals surface area contributed by atoms with Crippen molar-refractivity contribution in [3.63, 3.8) is 0 Å². The predicted octanol–water partition coefficient (Wildman–Crippen LogP) is 1.31. The Bertz CT molecular complexity index is 481. The highest BCUT2D eigenvalue weighted by atomic mass is 35.5. The van der Waals surface area contributed by atoms with Gasteiger partial charge in [0, 0.05) is 18.9 Å². The average molecular weight is 237 g/mol. The van der Waals surface area contributed by atoms with Crippen molar-refractivity contribution in [3.8, 4) is 5.95 Å². The monoisotopic (exact) mass is 236 g/mol. The number of hydrogen-bond donors (Lipinski definition) is 1. The van der Waals surface area contributed by atoms with Gasteiger partial charge in [0.1, 0.15) is 0 Å². The summed E-state index contributed by atoms with van der Waals surface area (Å²) in [6, 6.07) is 1.77. The molecule has 2 rings (SSSR count). The second-order valence-electron chi connectivity index (χ2n) is 2.85. The fourth-order valence-electron chi connectivity index (χ4n) is 1.07. The molecule has 2 aromatic heterocycles. The topological polar surface area (TPSA) is 68.5 Å². The maximum absolute atomic E-state index is 5.78. The molecule has 0 saturated carbocycles. The van der Waals surface area contributed by atoms with Crippen molar-refractivity contribution < 1.29 is 0 Å². The van der Waals surface area contributed by atoms with Crippen LogP contribution in [0, 0.1) is 0 Å². The number of aromatic nitrogens is 5. The van der Waals surface area contributed by atoms with Gasteiger partial charge in [-0.3, -0.25) is 0 Å². The van der Waals surface area contributed by atoms with Gasteiger partial charge in [0.25, 0.3) is 5.95 Å². The molecule has 2 aromatic rings. The summed E-state index contributed by atoms with van der Waals surface area (Å²) in [4.78, 5) is 12.0. The van der Waals surface area contributed by atoms with E-state index < -0.39 is 0 Å². The molecular weight excluding hydrogens is 228 g/mol. The molecule has 16 heavy (non-hydrogen) atoms. The summed E-state index contributed by atoms with van der Waals surface area (Å²) in [5.41, 5.74) is 0. The summed E-state index contributed by atoms with van der Waals surface area (Å²) in [5.74, 6) is 0.766. The Labute approximate surface area is 97.0 Å². The lowest BCUT2D eigenvalue weighted by molar-refractivity contribution is 0.796. The molecular formula is C9H9ClN6. The molecule has 82 valence electrons. The van der Waals surface area contributed by atoms with Crippen LogP contribution in [0.3, 0.4) is 0 Å². The second kappa shape index (κ2) is 4.71. The van der Waals surface area contributed by atoms with Gasteiger partial charge in [0.15, 0.2) is 0 Å². The average Bonchev–Trinajstić information content (AvgIpc) is 2.79. The Kier molecular flexibility index (Phi) is 3.11. The normalized spacial score (nSPS) is 10.1. The van der Waals surface area contributed by atoms with Gasteiger partial charge in [-0.2, -0.15) is 20.1 Å². The minimum atomic E-state index is 0.118. The van der Waals surface area contributed by atoms with Gasteiger partial charge in [0.05, 0.1) is 0 Å². The van der Waals surface area contributed by atoms with Crippen LogP contribution in [-0.4, -0.2) is 31.3 Å². The first-order valence-corrected chi connectivity index (χ1v) is 4.94. The lowest BCUT2D eigenvalue weighted by Crippen LogP contribution is -2.09. The molecule has 0 atom stereocenters. The molecule has 0 spiro atoms. The summed E-state index contributed by atoms with van der Waals surface area (Å²) >= 11 is 5.78. The van der Waals surface area contributed by atoms with Gasteiger partial charge in [-0.05, 0) is 17.7 Å². The summed E-state index contributed by atoms with van der Waals surface area (Å²) in [7, 11) is 0. The summed E-state index contributed by atoms with van der Waals surface area (Å²) in [6.45, 7) is 4.14. The van der Waals surface area contributed by atoms with Crippen LogP contribution in [0.5, 0.6) is 0 Å². The fourth-order valence-corrected chi connectivity index (χ4v) is 1.23. The Balaban J connectivity index is 2.32. The van der Waals surface area contributed by atoms with E-state index in [9.17, 15) is 0 Å². The second-order valence-corrected chi connectivity index (χ2v) is 3.19. The van der Waals surface area contributed by atoms with Crippen LogP contribution in [0.1, 0.15) is 0 Å². The number of anilines is 1. The molecule has 0 radical (unpaired) electrons. The van der Waals surface area contributed by atoms with Crippen LogP contribution in [-0.2, 0) is 0 Å². The van der Waals surface area contributed by atoms with Crippen molar-refractivity contribution >= 4 is 17.5 Å². The zero-order chi connectivity index (χ0) is 11.4. The minimum absolute atomic E-state index is 0.118. The quantitative estimate of drug-likeness (QED) is 0.811. The number of nitrogens with one attached hydrogen (secondary N) is 1. The third-order valence-corrected chi connectivity index (χ3v) is 1.88. The van der Waals surface area contributed by atoms with Crippen molar-refractivity contribution in [2.45, 2.75) is 0 Å². The summed E-state index contributed by atoms with van der Waals surface area (Å²) < 4.78 is 1.51. The molecule has 0 aliphatic carbocycles. The van der Waals surface area contributed by atoms with E-state index in [-0.39, 0.29) is 5.28 Å². The van der Waals surface area contributed by atoms with Gasteiger partial charge >= 0.3 is 0 Å². The molecule has 7 heteroatoms. The molecule has 0 bridgehead atoms. The highest BCUT2D eigenvalue weighted by Gasteiger charge is 2.05. The Morgan fingerprint density at radius 1 is 1.44 bits per heavy atom. The van der Waals surface area contributed by atoms with Crippen LogP contribution in [0.25, 0.3) is 5.95 Å². The largest absolute Gasteiger partial charge is 0.351 e. The smallest absolute Gasteiger partial charge is 0.256 e. The molecule has 0 fully saturated rings. The molecule has 0 aliphatic heterocycles. The maximum atomic E-state index is 5.78. The zero-order valence-corrected chi connectivity index (χ0v) is 9.09. The highest BCUT2D eigenvalue weighted by molar-refractivity contribution is 6.28. The maximum Gasteiger partial charge on any atom is 0.256 e. The van der Waals surface area contributed by atoms with E-state index in [1.165, 1.54) is 4.68 Å². The summed E-state index contributed by atoms with van der Waals surface area (Å²) in [6.07, 6.45) is 5.06. The predicted molar refractivity (Wildman–Crippen MR) is 60.6 cm³/mol. The first kappa shape index (κ1) is 10.6. The van der Waals surface area contributed by atoms with E-state index in [1.54, 1.807) is 24.5 Å². The van der Waals surface area contributed by atoms with Crippen molar-refractivity contribution in [1.82, 2.24) is 24.7 Å². The molecule has 2 heterocycles. The zero-order valence-electron chi connectivity index (χ0n) is 8.34. The minimum Gasteiger partial charge on any atom is -0.351 e. The van der Waals surface area contributed by atoms with Crippen LogP contribution in [0.15, 0.2) is 31.1 Å². The van der Waals surface area contributed by atoms with Crippen LogP contribution >= 0.6 is 11.6 Å². The van der Waals surface area contributed by atoms with E-state index in [1.807, 2.05) is 0 Å². The van der Waals surface area contributed by atoms with Crippen molar-refractivity contribution in [2.75, 3.05) is 11.9 Å². The molecule has 1 N–H and O–H groups in total. The standard InChI is InChI=1S/C9H9ClN6/c1-2-4-11-8-13-7(10)14-9(15-8)16-6-3-5-12-16/h2-3,5-6H,1,4H2,(H,11,13,14,15). The third-order valence-electron chi connectivity index (χ3n) is 1.71. The fraction of sp³-hybridized carbons (Fsp3) is 0.111. The van der Waals surface area contributed by atoms with Gasteiger partial charge in [-0.15, -0.1) is 6.58 Å². The van der Waals surface area contributed by atoms with Crippen LogP contribution in [0.2, 0.25) is 5.28 Å². The van der Waals surface area contributed by atoms with Gasteiger partial charge in [-0.1, -0.05) is 6.08 Å². The molecule has 0 saturated heterocycles. The van der Waals surface area contributed by atoms with Crippen LogP contribution < -0.4 is 5.32 Å². The first-order valence-electron chi connectivity index (χ1n) is 4.56. The first-order chi connectivity index (χ1) is 7.79. The summed E-state index contributed by atoms with van der Waals surface area (Å²) in [5, 5.41) is 7.06. The molecule has 0 aromatic carbocycles. The van der Waals surface area contributed by atoms with Gasteiger partial charge in [-0.25, -0.2) is 4.68 Å². The highest BCUT2D eigenvalue weighted by Crippen LogP contribution is 2.08. The number of halogens is 1. The number of rotatable bonds is 4.